The van der Waals surface area contributed by atoms with E-state index in [2.05, 4.69) is 5.32 Å². The van der Waals surface area contributed by atoms with Crippen molar-refractivity contribution in [1.82, 2.24) is 10.2 Å². The lowest BCUT2D eigenvalue weighted by Gasteiger charge is -2.26. The van der Waals surface area contributed by atoms with Gasteiger partial charge in [0.2, 0.25) is 0 Å². The molecular weight excluding hydrogens is 344 g/mol. The predicted molar refractivity (Wildman–Crippen MR) is 101 cm³/mol. The SMILES string of the molecule is O=C(N[C@@H]1CN(C(=O)OCc2ccccc2)CCC[C@H]1O)c1ccccc1. The third kappa shape index (κ3) is 5.31. The average Bonchev–Trinajstić information content (AvgIpc) is 2.89. The van der Waals surface area contributed by atoms with Crippen LogP contribution in [0.5, 0.6) is 0 Å². The first-order chi connectivity index (χ1) is 13.1. The van der Waals surface area contributed by atoms with E-state index in [1.165, 1.54) is 0 Å². The lowest BCUT2D eigenvalue weighted by Crippen LogP contribution is -2.50. The van der Waals surface area contributed by atoms with Crippen LogP contribution in [0.4, 0.5) is 4.79 Å². The number of likely N-dealkylation sites (tertiary alicyclic amines) is 1. The summed E-state index contributed by atoms with van der Waals surface area (Å²) in [7, 11) is 0. The molecule has 0 unspecified atom stereocenters. The molecule has 6 heteroatoms. The van der Waals surface area contributed by atoms with Crippen LogP contribution in [-0.2, 0) is 11.3 Å². The fourth-order valence-corrected chi connectivity index (χ4v) is 3.10. The number of ether oxygens (including phenoxy) is 1. The van der Waals surface area contributed by atoms with Crippen LogP contribution in [0.25, 0.3) is 0 Å². The van der Waals surface area contributed by atoms with Crippen molar-refractivity contribution in [3.8, 4) is 0 Å². The molecule has 6 nitrogen and oxygen atoms in total. The topological polar surface area (TPSA) is 78.9 Å². The van der Waals surface area contributed by atoms with Gasteiger partial charge in [0, 0.05) is 18.7 Å². The quantitative estimate of drug-likeness (QED) is 0.869. The second-order valence-electron chi connectivity index (χ2n) is 6.64. The molecule has 3 rings (SSSR count). The van der Waals surface area contributed by atoms with Gasteiger partial charge >= 0.3 is 6.09 Å². The molecule has 0 bridgehead atoms. The van der Waals surface area contributed by atoms with Gasteiger partial charge in [-0.3, -0.25) is 4.79 Å². The zero-order valence-corrected chi connectivity index (χ0v) is 15.1. The molecule has 2 aromatic carbocycles. The van der Waals surface area contributed by atoms with E-state index in [4.69, 9.17) is 4.74 Å². The summed E-state index contributed by atoms with van der Waals surface area (Å²) in [6.45, 7) is 0.898. The minimum atomic E-state index is -0.704. The number of hydrogen-bond donors (Lipinski definition) is 2. The summed E-state index contributed by atoms with van der Waals surface area (Å²) in [5.41, 5.74) is 1.43. The summed E-state index contributed by atoms with van der Waals surface area (Å²) in [5, 5.41) is 13.2. The number of aliphatic hydroxyl groups is 1. The van der Waals surface area contributed by atoms with Crippen molar-refractivity contribution in [2.24, 2.45) is 0 Å². The van der Waals surface area contributed by atoms with Crippen molar-refractivity contribution in [3.05, 3.63) is 71.8 Å². The van der Waals surface area contributed by atoms with Crippen molar-refractivity contribution in [2.75, 3.05) is 13.1 Å². The number of carbonyl (C=O) groups is 2. The lowest BCUT2D eigenvalue weighted by molar-refractivity contribution is 0.0733. The lowest BCUT2D eigenvalue weighted by atomic mass is 10.1. The van der Waals surface area contributed by atoms with Crippen molar-refractivity contribution < 1.29 is 19.4 Å². The average molecular weight is 368 g/mol. The Balaban J connectivity index is 1.60. The summed E-state index contributed by atoms with van der Waals surface area (Å²) < 4.78 is 5.39. The van der Waals surface area contributed by atoms with Gasteiger partial charge in [0.15, 0.2) is 0 Å². The molecule has 0 saturated carbocycles. The summed E-state index contributed by atoms with van der Waals surface area (Å²) >= 11 is 0. The molecule has 0 radical (unpaired) electrons. The van der Waals surface area contributed by atoms with Crippen LogP contribution in [0.15, 0.2) is 60.7 Å². The van der Waals surface area contributed by atoms with E-state index >= 15 is 0 Å². The van der Waals surface area contributed by atoms with Crippen LogP contribution in [0.3, 0.4) is 0 Å². The molecule has 1 heterocycles. The van der Waals surface area contributed by atoms with E-state index in [1.54, 1.807) is 29.2 Å². The summed E-state index contributed by atoms with van der Waals surface area (Å²) in [4.78, 5) is 26.4. The molecule has 2 N–H and O–H groups in total. The number of benzene rings is 2. The number of aliphatic hydroxyl groups excluding tert-OH is 1. The largest absolute Gasteiger partial charge is 0.445 e. The van der Waals surface area contributed by atoms with E-state index in [1.807, 2.05) is 36.4 Å². The first-order valence-corrected chi connectivity index (χ1v) is 9.13. The Hall–Kier alpha value is -2.86. The highest BCUT2D eigenvalue weighted by Crippen LogP contribution is 2.14. The second kappa shape index (κ2) is 9.19. The fraction of sp³-hybridized carbons (Fsp3) is 0.333. The van der Waals surface area contributed by atoms with Gasteiger partial charge in [0.1, 0.15) is 6.61 Å². The first kappa shape index (κ1) is 18.9. The maximum Gasteiger partial charge on any atom is 0.410 e. The summed E-state index contributed by atoms with van der Waals surface area (Å²) in [6.07, 6.45) is 0.0260. The van der Waals surface area contributed by atoms with Crippen LogP contribution in [0.2, 0.25) is 0 Å². The molecule has 0 spiro atoms. The number of carbonyl (C=O) groups excluding carboxylic acids is 2. The van der Waals surface area contributed by atoms with Crippen LogP contribution in [-0.4, -0.2) is 47.2 Å². The van der Waals surface area contributed by atoms with Crippen molar-refractivity contribution in [1.29, 1.82) is 0 Å². The highest BCUT2D eigenvalue weighted by molar-refractivity contribution is 5.94. The van der Waals surface area contributed by atoms with Gasteiger partial charge in [-0.25, -0.2) is 4.79 Å². The van der Waals surface area contributed by atoms with Gasteiger partial charge in [-0.2, -0.15) is 0 Å². The van der Waals surface area contributed by atoms with Crippen molar-refractivity contribution in [3.63, 3.8) is 0 Å². The number of nitrogens with one attached hydrogen (secondary N) is 1. The molecule has 1 fully saturated rings. The maximum absolute atomic E-state index is 12.4. The van der Waals surface area contributed by atoms with Gasteiger partial charge < -0.3 is 20.1 Å². The molecule has 142 valence electrons. The minimum Gasteiger partial charge on any atom is -0.445 e. The highest BCUT2D eigenvalue weighted by atomic mass is 16.6. The maximum atomic E-state index is 12.4. The Kier molecular flexibility index (Phi) is 6.44. The van der Waals surface area contributed by atoms with Gasteiger partial charge in [-0.1, -0.05) is 48.5 Å². The standard InChI is InChI=1S/C21H24N2O4/c24-19-12-7-13-23(21(26)27-15-16-8-3-1-4-9-16)14-18(19)22-20(25)17-10-5-2-6-11-17/h1-6,8-11,18-19,24H,7,12-15H2,(H,22,25)/t18-,19-/m1/s1. The molecule has 1 saturated heterocycles. The molecule has 0 aliphatic carbocycles. The Bertz CT molecular complexity index is 751. The van der Waals surface area contributed by atoms with Crippen LogP contribution in [0.1, 0.15) is 28.8 Å². The number of rotatable bonds is 4. The van der Waals surface area contributed by atoms with Crippen LogP contribution >= 0.6 is 0 Å². The van der Waals surface area contributed by atoms with Gasteiger partial charge in [-0.05, 0) is 30.5 Å². The Morgan fingerprint density at radius 3 is 2.44 bits per heavy atom. The molecule has 2 aromatic rings. The zero-order valence-electron chi connectivity index (χ0n) is 15.1. The van der Waals surface area contributed by atoms with Crippen LogP contribution in [0, 0.1) is 0 Å². The Morgan fingerprint density at radius 1 is 1.07 bits per heavy atom. The molecule has 1 aliphatic rings. The van der Waals surface area contributed by atoms with E-state index in [9.17, 15) is 14.7 Å². The van der Waals surface area contributed by atoms with Gasteiger partial charge in [-0.15, -0.1) is 0 Å². The molecule has 0 aromatic heterocycles. The number of amides is 2. The van der Waals surface area contributed by atoms with Crippen molar-refractivity contribution in [2.45, 2.75) is 31.6 Å². The minimum absolute atomic E-state index is 0.194. The Morgan fingerprint density at radius 2 is 1.74 bits per heavy atom. The Labute approximate surface area is 158 Å². The first-order valence-electron chi connectivity index (χ1n) is 9.13. The van der Waals surface area contributed by atoms with E-state index in [0.29, 0.717) is 24.9 Å². The van der Waals surface area contributed by atoms with E-state index < -0.39 is 18.2 Å². The van der Waals surface area contributed by atoms with Gasteiger partial charge in [0.25, 0.3) is 5.91 Å². The van der Waals surface area contributed by atoms with Crippen molar-refractivity contribution >= 4 is 12.0 Å². The van der Waals surface area contributed by atoms with E-state index in [-0.39, 0.29) is 19.1 Å². The number of nitrogens with zero attached hydrogens (tertiary/aromatic N) is 1. The number of hydrogen-bond acceptors (Lipinski definition) is 4. The van der Waals surface area contributed by atoms with E-state index in [0.717, 1.165) is 5.56 Å². The third-order valence-corrected chi connectivity index (χ3v) is 4.63. The van der Waals surface area contributed by atoms with Gasteiger partial charge in [0.05, 0.1) is 12.1 Å². The monoisotopic (exact) mass is 368 g/mol. The second-order valence-corrected chi connectivity index (χ2v) is 6.64. The molecule has 2 atom stereocenters. The molecule has 2 amide bonds. The predicted octanol–water partition coefficient (Wildman–Crippen LogP) is 2.58. The summed E-state index contributed by atoms with van der Waals surface area (Å²) in [6, 6.07) is 17.8. The smallest absolute Gasteiger partial charge is 0.410 e. The molecular formula is C21H24N2O4. The zero-order chi connectivity index (χ0) is 19.1. The molecule has 27 heavy (non-hydrogen) atoms. The highest BCUT2D eigenvalue weighted by Gasteiger charge is 2.30. The van der Waals surface area contributed by atoms with Crippen LogP contribution < -0.4 is 5.32 Å². The third-order valence-electron chi connectivity index (χ3n) is 4.63. The normalized spacial score (nSPS) is 19.8. The molecule has 1 aliphatic heterocycles. The summed E-state index contributed by atoms with van der Waals surface area (Å²) in [5.74, 6) is -0.265. The fourth-order valence-electron chi connectivity index (χ4n) is 3.10.